The van der Waals surface area contributed by atoms with E-state index in [-0.39, 0.29) is 12.6 Å². The lowest BCUT2D eigenvalue weighted by Gasteiger charge is -2.19. The maximum atomic E-state index is 10.5. The number of rotatable bonds is 7. The summed E-state index contributed by atoms with van der Waals surface area (Å²) in [6.45, 7) is 5.68. The van der Waals surface area contributed by atoms with Crippen molar-refractivity contribution in [3.05, 3.63) is 35.0 Å². The number of aliphatic hydroxyl groups is 2. The van der Waals surface area contributed by atoms with Crippen LogP contribution in [-0.2, 0) is 19.4 Å². The van der Waals surface area contributed by atoms with E-state index >= 15 is 0 Å². The van der Waals surface area contributed by atoms with Gasteiger partial charge in [0.2, 0.25) is 0 Å². The van der Waals surface area contributed by atoms with Gasteiger partial charge in [0.15, 0.2) is 0 Å². The zero-order valence-electron chi connectivity index (χ0n) is 15.0. The number of hydrogen-bond donors (Lipinski definition) is 3. The maximum absolute atomic E-state index is 10.5. The lowest BCUT2D eigenvalue weighted by Crippen LogP contribution is -2.92. The number of nitrogens with two attached hydrogens (primary N) is 1. The molecule has 1 aliphatic rings. The predicted molar refractivity (Wildman–Crippen MR) is 97.3 cm³/mol. The number of aryl methyl sites for hydroxylation is 2. The van der Waals surface area contributed by atoms with Crippen LogP contribution >= 0.6 is 0 Å². The molecule has 1 aromatic carbocycles. The second-order valence-corrected chi connectivity index (χ2v) is 7.24. The van der Waals surface area contributed by atoms with E-state index in [0.717, 1.165) is 19.3 Å². The average Bonchev–Trinajstić information content (AvgIpc) is 2.89. The Hall–Kier alpha value is -1.36. The molecule has 0 saturated heterocycles. The summed E-state index contributed by atoms with van der Waals surface area (Å²) in [6, 6.07) is 6.87. The van der Waals surface area contributed by atoms with Gasteiger partial charge in [-0.05, 0) is 56.7 Å². The van der Waals surface area contributed by atoms with Crippen LogP contribution in [0, 0.1) is 6.92 Å². The summed E-state index contributed by atoms with van der Waals surface area (Å²) in [6.07, 6.45) is 5.32. The molecule has 0 unspecified atom stereocenters. The molecular weight excluding hydrogens is 300 g/mol. The molecule has 0 radical (unpaired) electrons. The lowest BCUT2D eigenvalue weighted by molar-refractivity contribution is -0.696. The molecule has 1 heterocycles. The van der Waals surface area contributed by atoms with E-state index in [1.807, 2.05) is 0 Å². The van der Waals surface area contributed by atoms with Crippen molar-refractivity contribution in [3.63, 3.8) is 0 Å². The molecule has 24 heavy (non-hydrogen) atoms. The molecule has 132 valence electrons. The molecule has 4 heteroatoms. The Morgan fingerprint density at radius 2 is 2.04 bits per heavy atom. The number of benzene rings is 1. The quantitative estimate of drug-likeness (QED) is 0.720. The summed E-state index contributed by atoms with van der Waals surface area (Å²) in [7, 11) is 0. The van der Waals surface area contributed by atoms with Crippen molar-refractivity contribution in [2.75, 3.05) is 13.2 Å². The third-order valence-electron chi connectivity index (χ3n) is 5.43. The van der Waals surface area contributed by atoms with Gasteiger partial charge in [0.25, 0.3) is 0 Å². The van der Waals surface area contributed by atoms with Crippen molar-refractivity contribution in [2.45, 2.75) is 64.6 Å². The summed E-state index contributed by atoms with van der Waals surface area (Å²) in [5.41, 5.74) is 5.49. The number of hydrogen-bond acceptors (Lipinski definition) is 2. The SMILES string of the molecule is CC[C@H](CO)[NH2+]C[C@@H](O)Cn1c2c(c3cc(C)ccc31)CCCC2. The highest BCUT2D eigenvalue weighted by Gasteiger charge is 2.22. The fourth-order valence-electron chi connectivity index (χ4n) is 3.96. The Morgan fingerprint density at radius 1 is 1.25 bits per heavy atom. The van der Waals surface area contributed by atoms with Gasteiger partial charge in [-0.25, -0.2) is 0 Å². The fraction of sp³-hybridized carbons (Fsp3) is 0.600. The minimum atomic E-state index is -0.395. The van der Waals surface area contributed by atoms with Crippen molar-refractivity contribution < 1.29 is 15.5 Å². The second-order valence-electron chi connectivity index (χ2n) is 7.24. The number of nitrogens with zero attached hydrogens (tertiary/aromatic N) is 1. The van der Waals surface area contributed by atoms with E-state index in [9.17, 15) is 10.2 Å². The lowest BCUT2D eigenvalue weighted by atomic mass is 9.95. The molecule has 4 N–H and O–H groups in total. The van der Waals surface area contributed by atoms with Crippen LogP contribution in [0.4, 0.5) is 0 Å². The number of fused-ring (bicyclic) bond motifs is 3. The van der Waals surface area contributed by atoms with Gasteiger partial charge in [-0.1, -0.05) is 18.6 Å². The van der Waals surface area contributed by atoms with E-state index in [2.05, 4.69) is 41.9 Å². The normalized spacial score (nSPS) is 17.0. The average molecular weight is 331 g/mol. The van der Waals surface area contributed by atoms with Crippen LogP contribution in [0.3, 0.4) is 0 Å². The summed E-state index contributed by atoms with van der Waals surface area (Å²) in [5, 5.41) is 23.3. The highest BCUT2D eigenvalue weighted by Crippen LogP contribution is 2.32. The zero-order chi connectivity index (χ0) is 17.1. The molecule has 0 fully saturated rings. The molecule has 0 bridgehead atoms. The van der Waals surface area contributed by atoms with Gasteiger partial charge in [-0.3, -0.25) is 0 Å². The van der Waals surface area contributed by atoms with E-state index < -0.39 is 6.10 Å². The smallest absolute Gasteiger partial charge is 0.121 e. The van der Waals surface area contributed by atoms with Gasteiger partial charge in [-0.2, -0.15) is 0 Å². The molecule has 1 aromatic heterocycles. The van der Waals surface area contributed by atoms with Crippen LogP contribution < -0.4 is 5.32 Å². The Balaban J connectivity index is 1.83. The third-order valence-corrected chi connectivity index (χ3v) is 5.43. The summed E-state index contributed by atoms with van der Waals surface area (Å²) < 4.78 is 2.35. The maximum Gasteiger partial charge on any atom is 0.121 e. The second kappa shape index (κ2) is 7.68. The molecule has 0 aliphatic heterocycles. The topological polar surface area (TPSA) is 62.0 Å². The van der Waals surface area contributed by atoms with Gasteiger partial charge in [0.1, 0.15) is 18.7 Å². The largest absolute Gasteiger partial charge is 0.390 e. The molecule has 2 aromatic rings. The first kappa shape index (κ1) is 17.5. The van der Waals surface area contributed by atoms with Crippen LogP contribution in [0.25, 0.3) is 10.9 Å². The standard InChI is InChI=1S/C20H30N2O2/c1-3-15(13-23)21-11-16(24)12-22-19-7-5-4-6-17(19)18-10-14(2)8-9-20(18)22/h8-10,15-16,21,23-24H,3-7,11-13H2,1-2H3/p+1/t15-,16-/m1/s1. The summed E-state index contributed by atoms with van der Waals surface area (Å²) in [5.74, 6) is 0. The number of aromatic nitrogens is 1. The molecule has 3 rings (SSSR count). The Morgan fingerprint density at radius 3 is 2.79 bits per heavy atom. The molecule has 0 saturated carbocycles. The van der Waals surface area contributed by atoms with Gasteiger partial charge in [-0.15, -0.1) is 0 Å². The van der Waals surface area contributed by atoms with Crippen LogP contribution in [0.2, 0.25) is 0 Å². The van der Waals surface area contributed by atoms with E-state index in [4.69, 9.17) is 0 Å². The van der Waals surface area contributed by atoms with Crippen molar-refractivity contribution in [3.8, 4) is 0 Å². The molecule has 2 atom stereocenters. The van der Waals surface area contributed by atoms with Crippen molar-refractivity contribution in [1.29, 1.82) is 0 Å². The van der Waals surface area contributed by atoms with Crippen molar-refractivity contribution >= 4 is 10.9 Å². The molecular formula is C20H31N2O2+. The summed E-state index contributed by atoms with van der Waals surface area (Å²) in [4.78, 5) is 0. The van der Waals surface area contributed by atoms with Crippen LogP contribution in [0.5, 0.6) is 0 Å². The number of aliphatic hydroxyl groups excluding tert-OH is 2. The summed E-state index contributed by atoms with van der Waals surface area (Å²) >= 11 is 0. The van der Waals surface area contributed by atoms with Crippen LogP contribution in [-0.4, -0.2) is 40.1 Å². The van der Waals surface area contributed by atoms with Crippen LogP contribution in [0.1, 0.15) is 43.0 Å². The van der Waals surface area contributed by atoms with E-state index in [0.29, 0.717) is 13.1 Å². The zero-order valence-corrected chi connectivity index (χ0v) is 15.0. The highest BCUT2D eigenvalue weighted by molar-refractivity contribution is 5.86. The fourth-order valence-corrected chi connectivity index (χ4v) is 3.96. The Kier molecular flexibility index (Phi) is 5.59. The molecule has 4 nitrogen and oxygen atoms in total. The third kappa shape index (κ3) is 3.51. The molecule has 0 spiro atoms. The van der Waals surface area contributed by atoms with Gasteiger partial charge in [0, 0.05) is 16.6 Å². The van der Waals surface area contributed by atoms with Gasteiger partial charge < -0.3 is 20.1 Å². The van der Waals surface area contributed by atoms with E-state index in [1.165, 1.54) is 40.6 Å². The first-order valence-corrected chi connectivity index (χ1v) is 9.36. The first-order chi connectivity index (χ1) is 11.6. The van der Waals surface area contributed by atoms with Crippen molar-refractivity contribution in [2.24, 2.45) is 0 Å². The van der Waals surface area contributed by atoms with E-state index in [1.54, 1.807) is 0 Å². The molecule has 0 amide bonds. The number of quaternary nitrogens is 1. The highest BCUT2D eigenvalue weighted by atomic mass is 16.3. The Bertz CT molecular complexity index is 688. The Labute approximate surface area is 144 Å². The monoisotopic (exact) mass is 331 g/mol. The van der Waals surface area contributed by atoms with Crippen molar-refractivity contribution in [1.82, 2.24) is 4.57 Å². The van der Waals surface area contributed by atoms with Gasteiger partial charge in [0.05, 0.1) is 13.2 Å². The minimum absolute atomic E-state index is 0.171. The molecule has 1 aliphatic carbocycles. The predicted octanol–water partition coefficient (Wildman–Crippen LogP) is 1.52. The minimum Gasteiger partial charge on any atom is -0.390 e. The van der Waals surface area contributed by atoms with Gasteiger partial charge >= 0.3 is 0 Å². The first-order valence-electron chi connectivity index (χ1n) is 9.36. The van der Waals surface area contributed by atoms with Crippen LogP contribution in [0.15, 0.2) is 18.2 Å².